The van der Waals surface area contributed by atoms with Crippen molar-refractivity contribution in [2.24, 2.45) is 0 Å². The normalized spacial score (nSPS) is 15.6. The van der Waals surface area contributed by atoms with Crippen LogP contribution in [0.3, 0.4) is 0 Å². The van der Waals surface area contributed by atoms with Crippen LogP contribution in [-0.2, 0) is 14.6 Å². The maximum atomic E-state index is 13.5. The summed E-state index contributed by atoms with van der Waals surface area (Å²) in [7, 11) is -1.73. The standard InChI is InChI=1S/C26H26N2O5S/c1-17-16-27(26(30)20-5-10-22(33-3)11-6-20)25-15-21(9-14-24(25)28(17)18(2)29)19-7-12-23(13-8-19)34(4,31)32/h5-15,17H,16H2,1-4H3/t17-/m0/s1. The molecule has 176 valence electrons. The lowest BCUT2D eigenvalue weighted by molar-refractivity contribution is -0.117. The Morgan fingerprint density at radius 3 is 2.09 bits per heavy atom. The van der Waals surface area contributed by atoms with Crippen LogP contribution in [-0.4, -0.2) is 46.2 Å². The zero-order valence-electron chi connectivity index (χ0n) is 19.5. The first-order chi connectivity index (χ1) is 16.1. The molecule has 0 radical (unpaired) electrons. The van der Waals surface area contributed by atoms with E-state index >= 15 is 0 Å². The first kappa shape index (κ1) is 23.5. The van der Waals surface area contributed by atoms with E-state index in [1.54, 1.807) is 65.4 Å². The van der Waals surface area contributed by atoms with Crippen molar-refractivity contribution in [2.45, 2.75) is 24.8 Å². The molecule has 0 fully saturated rings. The van der Waals surface area contributed by atoms with Gasteiger partial charge in [0.15, 0.2) is 9.84 Å². The fourth-order valence-corrected chi connectivity index (χ4v) is 4.89. The highest BCUT2D eigenvalue weighted by Gasteiger charge is 2.34. The molecule has 7 nitrogen and oxygen atoms in total. The van der Waals surface area contributed by atoms with Crippen molar-refractivity contribution in [3.05, 3.63) is 72.3 Å². The second-order valence-electron chi connectivity index (χ2n) is 8.38. The molecule has 0 aliphatic carbocycles. The van der Waals surface area contributed by atoms with Gasteiger partial charge in [-0.2, -0.15) is 0 Å². The van der Waals surface area contributed by atoms with Gasteiger partial charge in [0.25, 0.3) is 5.91 Å². The molecule has 0 bridgehead atoms. The number of fused-ring (bicyclic) bond motifs is 1. The zero-order valence-corrected chi connectivity index (χ0v) is 20.3. The second-order valence-corrected chi connectivity index (χ2v) is 10.4. The molecule has 0 saturated heterocycles. The summed E-state index contributed by atoms with van der Waals surface area (Å²) in [6.07, 6.45) is 1.17. The molecule has 1 atom stereocenters. The van der Waals surface area contributed by atoms with E-state index in [4.69, 9.17) is 4.74 Å². The highest BCUT2D eigenvalue weighted by molar-refractivity contribution is 7.90. The third-order valence-corrected chi connectivity index (χ3v) is 7.08. The van der Waals surface area contributed by atoms with E-state index in [9.17, 15) is 18.0 Å². The molecule has 1 aliphatic rings. The van der Waals surface area contributed by atoms with Crippen LogP contribution in [0.15, 0.2) is 71.6 Å². The number of carbonyl (C=O) groups excluding carboxylic acids is 2. The number of rotatable bonds is 4. The molecule has 1 heterocycles. The fraction of sp³-hybridized carbons (Fsp3) is 0.231. The number of nitrogens with zero attached hydrogens (tertiary/aromatic N) is 2. The average molecular weight is 479 g/mol. The number of amides is 2. The minimum absolute atomic E-state index is 0.101. The number of anilines is 2. The van der Waals surface area contributed by atoms with E-state index in [1.165, 1.54) is 13.2 Å². The van der Waals surface area contributed by atoms with Crippen LogP contribution >= 0.6 is 0 Å². The van der Waals surface area contributed by atoms with Crippen molar-refractivity contribution >= 4 is 33.0 Å². The van der Waals surface area contributed by atoms with Gasteiger partial charge in [0.05, 0.1) is 29.4 Å². The SMILES string of the molecule is COc1ccc(C(=O)N2C[C@H](C)N(C(C)=O)c3ccc(-c4ccc(S(C)(=O)=O)cc4)cc32)cc1. The maximum absolute atomic E-state index is 13.5. The van der Waals surface area contributed by atoms with Crippen molar-refractivity contribution in [3.8, 4) is 16.9 Å². The van der Waals surface area contributed by atoms with Crippen LogP contribution in [0.2, 0.25) is 0 Å². The summed E-state index contributed by atoms with van der Waals surface area (Å²) in [5.74, 6) is 0.380. The first-order valence-electron chi connectivity index (χ1n) is 10.8. The van der Waals surface area contributed by atoms with Gasteiger partial charge in [-0.15, -0.1) is 0 Å². The summed E-state index contributed by atoms with van der Waals surface area (Å²) in [4.78, 5) is 29.6. The number of hydrogen-bond donors (Lipinski definition) is 0. The summed E-state index contributed by atoms with van der Waals surface area (Å²) >= 11 is 0. The third-order valence-electron chi connectivity index (χ3n) is 5.95. The Bertz CT molecular complexity index is 1350. The average Bonchev–Trinajstić information content (AvgIpc) is 2.82. The molecule has 3 aromatic carbocycles. The van der Waals surface area contributed by atoms with Crippen molar-refractivity contribution in [2.75, 3.05) is 29.7 Å². The Balaban J connectivity index is 1.79. The van der Waals surface area contributed by atoms with Gasteiger partial charge in [0.2, 0.25) is 5.91 Å². The van der Waals surface area contributed by atoms with Crippen LogP contribution in [0.1, 0.15) is 24.2 Å². The molecule has 0 unspecified atom stereocenters. The number of benzene rings is 3. The third kappa shape index (κ3) is 4.41. The zero-order chi connectivity index (χ0) is 24.6. The van der Waals surface area contributed by atoms with Gasteiger partial charge in [0.1, 0.15) is 5.75 Å². The lowest BCUT2D eigenvalue weighted by atomic mass is 10.00. The Hall–Kier alpha value is -3.65. The quantitative estimate of drug-likeness (QED) is 0.562. The van der Waals surface area contributed by atoms with Crippen LogP contribution in [0.25, 0.3) is 11.1 Å². The number of sulfone groups is 1. The molecule has 0 saturated carbocycles. The highest BCUT2D eigenvalue weighted by atomic mass is 32.2. The van der Waals surface area contributed by atoms with Crippen LogP contribution < -0.4 is 14.5 Å². The molecule has 1 aliphatic heterocycles. The maximum Gasteiger partial charge on any atom is 0.258 e. The molecule has 0 spiro atoms. The summed E-state index contributed by atoms with van der Waals surface area (Å²) in [6.45, 7) is 3.77. The fourth-order valence-electron chi connectivity index (χ4n) is 4.26. The number of ether oxygens (including phenoxy) is 1. The molecule has 8 heteroatoms. The number of methoxy groups -OCH3 is 1. The molecule has 3 aromatic rings. The van der Waals surface area contributed by atoms with Crippen molar-refractivity contribution in [3.63, 3.8) is 0 Å². The molecule has 0 aromatic heterocycles. The summed E-state index contributed by atoms with van der Waals surface area (Å²) in [6, 6.07) is 18.9. The summed E-state index contributed by atoms with van der Waals surface area (Å²) < 4.78 is 28.8. The van der Waals surface area contributed by atoms with Gasteiger partial charge in [-0.05, 0) is 66.6 Å². The number of carbonyl (C=O) groups is 2. The van der Waals surface area contributed by atoms with Crippen LogP contribution in [0.5, 0.6) is 5.75 Å². The highest BCUT2D eigenvalue weighted by Crippen LogP contribution is 2.39. The predicted octanol–water partition coefficient (Wildman–Crippen LogP) is 4.17. The van der Waals surface area contributed by atoms with Crippen molar-refractivity contribution in [1.82, 2.24) is 0 Å². The van der Waals surface area contributed by atoms with E-state index < -0.39 is 9.84 Å². The van der Waals surface area contributed by atoms with Crippen molar-refractivity contribution < 1.29 is 22.7 Å². The largest absolute Gasteiger partial charge is 0.497 e. The van der Waals surface area contributed by atoms with Gasteiger partial charge in [-0.25, -0.2) is 8.42 Å². The molecule has 34 heavy (non-hydrogen) atoms. The summed E-state index contributed by atoms with van der Waals surface area (Å²) in [5.41, 5.74) is 3.41. The van der Waals surface area contributed by atoms with Gasteiger partial charge < -0.3 is 14.5 Å². The Morgan fingerprint density at radius 2 is 1.53 bits per heavy atom. The van der Waals surface area contributed by atoms with E-state index in [2.05, 4.69) is 0 Å². The molecule has 2 amide bonds. The van der Waals surface area contributed by atoms with Crippen molar-refractivity contribution in [1.29, 1.82) is 0 Å². The van der Waals surface area contributed by atoms with Crippen LogP contribution in [0, 0.1) is 0 Å². The monoisotopic (exact) mass is 478 g/mol. The minimum Gasteiger partial charge on any atom is -0.497 e. The molecule has 4 rings (SSSR count). The van der Waals surface area contributed by atoms with E-state index in [0.717, 1.165) is 11.1 Å². The van der Waals surface area contributed by atoms with Gasteiger partial charge in [0, 0.05) is 25.3 Å². The smallest absolute Gasteiger partial charge is 0.258 e. The van der Waals surface area contributed by atoms with E-state index in [-0.39, 0.29) is 22.8 Å². The molecular formula is C26H26N2O5S. The number of hydrogen-bond acceptors (Lipinski definition) is 5. The van der Waals surface area contributed by atoms with Gasteiger partial charge >= 0.3 is 0 Å². The van der Waals surface area contributed by atoms with E-state index in [1.807, 2.05) is 25.1 Å². The van der Waals surface area contributed by atoms with Gasteiger partial charge in [-0.3, -0.25) is 9.59 Å². The topological polar surface area (TPSA) is 84.0 Å². The minimum atomic E-state index is -3.30. The Labute approximate surface area is 199 Å². The lowest BCUT2D eigenvalue weighted by Gasteiger charge is -2.41. The molecule has 0 N–H and O–H groups in total. The second kappa shape index (κ2) is 8.95. The van der Waals surface area contributed by atoms with Crippen LogP contribution in [0.4, 0.5) is 11.4 Å². The van der Waals surface area contributed by atoms with Gasteiger partial charge in [-0.1, -0.05) is 18.2 Å². The predicted molar refractivity (Wildman–Crippen MR) is 132 cm³/mol. The Morgan fingerprint density at radius 1 is 0.912 bits per heavy atom. The summed E-state index contributed by atoms with van der Waals surface area (Å²) in [5, 5.41) is 0. The lowest BCUT2D eigenvalue weighted by Crippen LogP contribution is -2.51. The first-order valence-corrected chi connectivity index (χ1v) is 12.7. The Kier molecular flexibility index (Phi) is 6.18. The van der Waals surface area contributed by atoms with E-state index in [0.29, 0.717) is 29.2 Å². The molecular weight excluding hydrogens is 452 g/mol.